The second-order valence-electron chi connectivity index (χ2n) is 10.1. The Morgan fingerprint density at radius 2 is 1.76 bits per heavy atom. The van der Waals surface area contributed by atoms with E-state index in [4.69, 9.17) is 27.9 Å². The number of anilines is 1. The van der Waals surface area contributed by atoms with Crippen LogP contribution in [0.1, 0.15) is 29.2 Å². The van der Waals surface area contributed by atoms with Gasteiger partial charge in [-0.15, -0.1) is 0 Å². The van der Waals surface area contributed by atoms with Crippen LogP contribution in [-0.4, -0.2) is 90.8 Å². The molecule has 0 saturated carbocycles. The highest BCUT2D eigenvalue weighted by atomic mass is 35.5. The Morgan fingerprint density at radius 1 is 1.05 bits per heavy atom. The number of benzene rings is 2. The summed E-state index contributed by atoms with van der Waals surface area (Å²) in [5.41, 5.74) is 4.31. The monoisotopic (exact) mass is 546 g/mol. The molecule has 0 spiro atoms. The van der Waals surface area contributed by atoms with Crippen LogP contribution < -0.4 is 4.90 Å². The molecule has 1 aliphatic carbocycles. The minimum atomic E-state index is -0.382. The number of piperazine rings is 1. The van der Waals surface area contributed by atoms with E-state index in [1.165, 1.54) is 5.56 Å². The summed E-state index contributed by atoms with van der Waals surface area (Å²) in [6.45, 7) is 4.69. The highest BCUT2D eigenvalue weighted by Crippen LogP contribution is 2.38. The first-order valence-corrected chi connectivity index (χ1v) is 13.4. The molecule has 1 unspecified atom stereocenters. The number of hydrogen-bond acceptors (Lipinski definition) is 6. The Bertz CT molecular complexity index is 1140. The molecular formula is C27H32Cl2N4O4. The molecule has 3 aliphatic rings. The van der Waals surface area contributed by atoms with Crippen molar-refractivity contribution in [1.82, 2.24) is 14.7 Å². The summed E-state index contributed by atoms with van der Waals surface area (Å²) in [7, 11) is 1.78. The number of likely N-dealkylation sites (tertiary alicyclic amines) is 1. The highest BCUT2D eigenvalue weighted by Gasteiger charge is 2.32. The molecule has 2 amide bonds. The maximum absolute atomic E-state index is 12.9. The van der Waals surface area contributed by atoms with Gasteiger partial charge in [0.05, 0.1) is 18.7 Å². The lowest BCUT2D eigenvalue weighted by Gasteiger charge is -2.40. The molecule has 5 rings (SSSR count). The largest absolute Gasteiger partial charge is 0.445 e. The summed E-state index contributed by atoms with van der Waals surface area (Å²) in [4.78, 5) is 33.1. The number of aliphatic hydroxyl groups excluding tert-OH is 1. The van der Waals surface area contributed by atoms with Gasteiger partial charge in [0, 0.05) is 62.0 Å². The van der Waals surface area contributed by atoms with E-state index in [1.807, 2.05) is 0 Å². The van der Waals surface area contributed by atoms with Crippen LogP contribution in [-0.2, 0) is 22.6 Å². The first kappa shape index (κ1) is 26.1. The first-order chi connectivity index (χ1) is 17.8. The maximum atomic E-state index is 12.9. The number of carbonyl (C=O) groups excluding carboxylic acids is 2. The van der Waals surface area contributed by atoms with Gasteiger partial charge in [-0.1, -0.05) is 29.3 Å². The van der Waals surface area contributed by atoms with E-state index in [9.17, 15) is 14.7 Å². The van der Waals surface area contributed by atoms with Gasteiger partial charge < -0.3 is 24.5 Å². The zero-order valence-electron chi connectivity index (χ0n) is 20.9. The van der Waals surface area contributed by atoms with Crippen LogP contribution in [0.15, 0.2) is 36.4 Å². The molecule has 8 nitrogen and oxygen atoms in total. The molecular weight excluding hydrogens is 515 g/mol. The van der Waals surface area contributed by atoms with Crippen molar-refractivity contribution in [3.8, 4) is 0 Å². The molecule has 2 aliphatic heterocycles. The first-order valence-electron chi connectivity index (χ1n) is 12.7. The number of aryl methyl sites for hydroxylation is 1. The number of amides is 2. The molecule has 1 N–H and O–H groups in total. The SMILES string of the molecule is CN(C(=O)OCc1cc(Cl)cc(Cl)c1)C1CCc2ccc(N3CCN(CC(=O)N4CC(O)C4)CC3)cc21. The molecule has 2 heterocycles. The van der Waals surface area contributed by atoms with Crippen LogP contribution in [0.2, 0.25) is 10.0 Å². The molecule has 2 fully saturated rings. The number of ether oxygens (including phenoxy) is 1. The molecule has 10 heteroatoms. The van der Waals surface area contributed by atoms with Crippen LogP contribution >= 0.6 is 23.2 Å². The second kappa shape index (κ2) is 11.1. The van der Waals surface area contributed by atoms with Crippen molar-refractivity contribution < 1.29 is 19.4 Å². The number of halogens is 2. The second-order valence-corrected chi connectivity index (χ2v) is 11.0. The van der Waals surface area contributed by atoms with Gasteiger partial charge in [0.15, 0.2) is 0 Å². The third-order valence-electron chi connectivity index (χ3n) is 7.53. The van der Waals surface area contributed by atoms with Crippen LogP contribution in [0, 0.1) is 0 Å². The molecule has 2 saturated heterocycles. The molecule has 1 atom stereocenters. The maximum Gasteiger partial charge on any atom is 0.410 e. The fourth-order valence-corrected chi connectivity index (χ4v) is 5.92. The van der Waals surface area contributed by atoms with Gasteiger partial charge in [0.25, 0.3) is 0 Å². The Morgan fingerprint density at radius 3 is 2.43 bits per heavy atom. The number of β-amino-alcohol motifs (C(OH)–C–C–N with tert-alkyl or cyclic N) is 1. The summed E-state index contributed by atoms with van der Waals surface area (Å²) >= 11 is 12.1. The van der Waals surface area contributed by atoms with Crippen molar-refractivity contribution in [2.24, 2.45) is 0 Å². The summed E-state index contributed by atoms with van der Waals surface area (Å²) in [5.74, 6) is 0.0903. The van der Waals surface area contributed by atoms with E-state index in [0.29, 0.717) is 29.7 Å². The number of fused-ring (bicyclic) bond motifs is 1. The Balaban J connectivity index is 1.17. The minimum Gasteiger partial charge on any atom is -0.445 e. The average Bonchev–Trinajstić information content (AvgIpc) is 3.28. The van der Waals surface area contributed by atoms with E-state index in [-0.39, 0.29) is 30.8 Å². The zero-order valence-corrected chi connectivity index (χ0v) is 22.4. The van der Waals surface area contributed by atoms with Gasteiger partial charge in [-0.3, -0.25) is 9.69 Å². The number of rotatable bonds is 6. The number of carbonyl (C=O) groups is 2. The lowest BCUT2D eigenvalue weighted by Crippen LogP contribution is -2.57. The number of aliphatic hydroxyl groups is 1. The summed E-state index contributed by atoms with van der Waals surface area (Å²) in [6.07, 6.45) is 1.02. The van der Waals surface area contributed by atoms with Gasteiger partial charge in [0.1, 0.15) is 6.61 Å². The topological polar surface area (TPSA) is 76.6 Å². The van der Waals surface area contributed by atoms with Crippen molar-refractivity contribution in [3.63, 3.8) is 0 Å². The zero-order chi connectivity index (χ0) is 26.1. The predicted molar refractivity (Wildman–Crippen MR) is 143 cm³/mol. The van der Waals surface area contributed by atoms with E-state index in [2.05, 4.69) is 28.0 Å². The number of hydrogen-bond donors (Lipinski definition) is 1. The lowest BCUT2D eigenvalue weighted by atomic mass is 10.1. The molecule has 0 aromatic heterocycles. The van der Waals surface area contributed by atoms with Gasteiger partial charge in [-0.25, -0.2) is 4.79 Å². The van der Waals surface area contributed by atoms with Crippen molar-refractivity contribution in [2.75, 3.05) is 57.8 Å². The van der Waals surface area contributed by atoms with E-state index in [0.717, 1.165) is 55.8 Å². The lowest BCUT2D eigenvalue weighted by molar-refractivity contribution is -0.142. The minimum absolute atomic E-state index is 0.0452. The quantitative estimate of drug-likeness (QED) is 0.596. The summed E-state index contributed by atoms with van der Waals surface area (Å²) in [6, 6.07) is 11.6. The summed E-state index contributed by atoms with van der Waals surface area (Å²) in [5, 5.41) is 10.4. The molecule has 0 bridgehead atoms. The summed E-state index contributed by atoms with van der Waals surface area (Å²) < 4.78 is 5.56. The predicted octanol–water partition coefficient (Wildman–Crippen LogP) is 3.57. The van der Waals surface area contributed by atoms with E-state index >= 15 is 0 Å². The van der Waals surface area contributed by atoms with Crippen LogP contribution in [0.5, 0.6) is 0 Å². The van der Waals surface area contributed by atoms with Crippen LogP contribution in [0.3, 0.4) is 0 Å². The molecule has 37 heavy (non-hydrogen) atoms. The van der Waals surface area contributed by atoms with Gasteiger partial charge in [0.2, 0.25) is 5.91 Å². The van der Waals surface area contributed by atoms with Crippen LogP contribution in [0.25, 0.3) is 0 Å². The van der Waals surface area contributed by atoms with Crippen molar-refractivity contribution >= 4 is 40.9 Å². The Labute approximate surface area is 227 Å². The fraction of sp³-hybridized carbons (Fsp3) is 0.481. The standard InChI is InChI=1S/C27H32Cl2N4O4/c1-30(27(36)37-17-18-10-20(28)12-21(29)11-18)25-5-3-19-2-4-22(13-24(19)25)32-8-6-31(7-9-32)16-26(35)33-14-23(34)15-33/h2,4,10-13,23,25,34H,3,5-9,14-17H2,1H3. The van der Waals surface area contributed by atoms with Crippen LogP contribution in [0.4, 0.5) is 10.5 Å². The van der Waals surface area contributed by atoms with Gasteiger partial charge in [-0.2, -0.15) is 0 Å². The highest BCUT2D eigenvalue weighted by molar-refractivity contribution is 6.34. The van der Waals surface area contributed by atoms with Crippen molar-refractivity contribution in [2.45, 2.75) is 31.6 Å². The van der Waals surface area contributed by atoms with Crippen molar-refractivity contribution in [1.29, 1.82) is 0 Å². The Hall–Kier alpha value is -2.52. The molecule has 0 radical (unpaired) electrons. The average molecular weight is 547 g/mol. The molecule has 2 aromatic carbocycles. The fourth-order valence-electron chi connectivity index (χ4n) is 5.35. The third kappa shape index (κ3) is 5.98. The normalized spacial score (nSPS) is 19.9. The van der Waals surface area contributed by atoms with Gasteiger partial charge in [-0.05, 0) is 59.9 Å². The van der Waals surface area contributed by atoms with Gasteiger partial charge >= 0.3 is 6.09 Å². The molecule has 2 aromatic rings. The smallest absolute Gasteiger partial charge is 0.410 e. The third-order valence-corrected chi connectivity index (χ3v) is 7.96. The Kier molecular flexibility index (Phi) is 7.81. The number of nitrogens with zero attached hydrogens (tertiary/aromatic N) is 4. The van der Waals surface area contributed by atoms with E-state index in [1.54, 1.807) is 35.0 Å². The van der Waals surface area contributed by atoms with E-state index < -0.39 is 0 Å². The van der Waals surface area contributed by atoms with Crippen molar-refractivity contribution in [3.05, 3.63) is 63.1 Å². The molecule has 198 valence electrons.